The van der Waals surface area contributed by atoms with Crippen LogP contribution in [-0.4, -0.2) is 42.8 Å². The van der Waals surface area contributed by atoms with E-state index >= 15 is 0 Å². The zero-order chi connectivity index (χ0) is 18.4. The summed E-state index contributed by atoms with van der Waals surface area (Å²) in [6.45, 7) is 5.19. The molecule has 0 N–H and O–H groups in total. The van der Waals surface area contributed by atoms with Crippen LogP contribution in [0.3, 0.4) is 0 Å². The molecule has 136 valence electrons. The Kier molecular flexibility index (Phi) is 6.05. The SMILES string of the molecule is CCc1ccc(C(=O)CCC(=O)N2CCN(c3ccccc3)CC2)cc1. The molecule has 0 spiro atoms. The van der Waals surface area contributed by atoms with Gasteiger partial charge in [0.2, 0.25) is 5.91 Å². The van der Waals surface area contributed by atoms with Crippen molar-refractivity contribution in [3.05, 3.63) is 65.7 Å². The third kappa shape index (κ3) is 4.51. The molecule has 4 heteroatoms. The van der Waals surface area contributed by atoms with Gasteiger partial charge in [-0.2, -0.15) is 0 Å². The van der Waals surface area contributed by atoms with Crippen molar-refractivity contribution < 1.29 is 9.59 Å². The Balaban J connectivity index is 1.46. The number of nitrogens with zero attached hydrogens (tertiary/aromatic N) is 2. The van der Waals surface area contributed by atoms with E-state index in [4.69, 9.17) is 0 Å². The van der Waals surface area contributed by atoms with Gasteiger partial charge in [0.05, 0.1) is 0 Å². The van der Waals surface area contributed by atoms with Gasteiger partial charge in [-0.3, -0.25) is 9.59 Å². The normalized spacial score (nSPS) is 14.3. The zero-order valence-corrected chi connectivity index (χ0v) is 15.4. The Bertz CT molecular complexity index is 732. The fourth-order valence-electron chi connectivity index (χ4n) is 3.30. The van der Waals surface area contributed by atoms with Crippen molar-refractivity contribution in [2.75, 3.05) is 31.1 Å². The van der Waals surface area contributed by atoms with Crippen molar-refractivity contribution in [1.82, 2.24) is 4.90 Å². The number of carbonyl (C=O) groups is 2. The van der Waals surface area contributed by atoms with Crippen LogP contribution in [0.25, 0.3) is 0 Å². The smallest absolute Gasteiger partial charge is 0.223 e. The monoisotopic (exact) mass is 350 g/mol. The summed E-state index contributed by atoms with van der Waals surface area (Å²) in [5.41, 5.74) is 3.11. The molecule has 4 nitrogen and oxygen atoms in total. The van der Waals surface area contributed by atoms with E-state index in [-0.39, 0.29) is 18.1 Å². The van der Waals surface area contributed by atoms with Crippen LogP contribution in [0.5, 0.6) is 0 Å². The van der Waals surface area contributed by atoms with Crippen molar-refractivity contribution in [3.8, 4) is 0 Å². The van der Waals surface area contributed by atoms with Crippen LogP contribution in [0.2, 0.25) is 0 Å². The maximum Gasteiger partial charge on any atom is 0.223 e. The highest BCUT2D eigenvalue weighted by molar-refractivity contribution is 5.98. The summed E-state index contributed by atoms with van der Waals surface area (Å²) in [4.78, 5) is 28.9. The summed E-state index contributed by atoms with van der Waals surface area (Å²) in [5.74, 6) is 0.125. The largest absolute Gasteiger partial charge is 0.368 e. The van der Waals surface area contributed by atoms with Crippen molar-refractivity contribution in [2.24, 2.45) is 0 Å². The maximum absolute atomic E-state index is 12.4. The lowest BCUT2D eigenvalue weighted by Gasteiger charge is -2.36. The average molecular weight is 350 g/mol. The summed E-state index contributed by atoms with van der Waals surface area (Å²) < 4.78 is 0. The van der Waals surface area contributed by atoms with E-state index in [1.807, 2.05) is 47.4 Å². The van der Waals surface area contributed by atoms with Crippen molar-refractivity contribution in [3.63, 3.8) is 0 Å². The number of carbonyl (C=O) groups excluding carboxylic acids is 2. The molecule has 3 rings (SSSR count). The van der Waals surface area contributed by atoms with Crippen LogP contribution in [0.1, 0.15) is 35.7 Å². The summed E-state index contributed by atoms with van der Waals surface area (Å²) in [6, 6.07) is 18.0. The Hall–Kier alpha value is -2.62. The number of aryl methyl sites for hydroxylation is 1. The Morgan fingerprint density at radius 1 is 0.846 bits per heavy atom. The second-order valence-electron chi connectivity index (χ2n) is 6.68. The number of piperazine rings is 1. The molecule has 2 aromatic rings. The average Bonchev–Trinajstić information content (AvgIpc) is 2.72. The van der Waals surface area contributed by atoms with Crippen LogP contribution in [-0.2, 0) is 11.2 Å². The standard InChI is InChI=1S/C22H26N2O2/c1-2-18-8-10-19(11-9-18)21(25)12-13-22(26)24-16-14-23(15-17-24)20-6-4-3-5-7-20/h3-11H,2,12-17H2,1H3. The number of rotatable bonds is 6. The minimum atomic E-state index is 0.0453. The van der Waals surface area contributed by atoms with Crippen LogP contribution in [0.4, 0.5) is 5.69 Å². The van der Waals surface area contributed by atoms with Crippen molar-refractivity contribution in [2.45, 2.75) is 26.2 Å². The Morgan fingerprint density at radius 2 is 1.50 bits per heavy atom. The molecular weight excluding hydrogens is 324 g/mol. The van der Waals surface area contributed by atoms with E-state index in [0.29, 0.717) is 25.1 Å². The lowest BCUT2D eigenvalue weighted by Crippen LogP contribution is -2.48. The lowest BCUT2D eigenvalue weighted by molar-refractivity contribution is -0.131. The first-order valence-electron chi connectivity index (χ1n) is 9.37. The highest BCUT2D eigenvalue weighted by Gasteiger charge is 2.21. The molecule has 0 unspecified atom stereocenters. The highest BCUT2D eigenvalue weighted by Crippen LogP contribution is 2.16. The summed E-state index contributed by atoms with van der Waals surface area (Å²) in [6.07, 6.45) is 1.53. The van der Waals surface area contributed by atoms with Gasteiger partial charge in [-0.15, -0.1) is 0 Å². The van der Waals surface area contributed by atoms with Gasteiger partial charge >= 0.3 is 0 Å². The van der Waals surface area contributed by atoms with E-state index < -0.39 is 0 Å². The first-order valence-corrected chi connectivity index (χ1v) is 9.37. The fraction of sp³-hybridized carbons (Fsp3) is 0.364. The second kappa shape index (κ2) is 8.65. The fourth-order valence-corrected chi connectivity index (χ4v) is 3.30. The predicted molar refractivity (Wildman–Crippen MR) is 105 cm³/mol. The van der Waals surface area contributed by atoms with Crippen LogP contribution in [0.15, 0.2) is 54.6 Å². The van der Waals surface area contributed by atoms with E-state index in [1.165, 1.54) is 11.3 Å². The molecular formula is C22H26N2O2. The predicted octanol–water partition coefficient (Wildman–Crippen LogP) is 3.56. The molecule has 1 aliphatic rings. The minimum absolute atomic E-state index is 0.0453. The first kappa shape index (κ1) is 18.2. The Morgan fingerprint density at radius 3 is 2.12 bits per heavy atom. The first-order chi connectivity index (χ1) is 12.7. The van der Waals surface area contributed by atoms with E-state index in [9.17, 15) is 9.59 Å². The molecule has 1 fully saturated rings. The van der Waals surface area contributed by atoms with Gasteiger partial charge in [0, 0.05) is 50.3 Å². The van der Waals surface area contributed by atoms with Gasteiger partial charge in [-0.05, 0) is 24.1 Å². The molecule has 2 aromatic carbocycles. The highest BCUT2D eigenvalue weighted by atomic mass is 16.2. The van der Waals surface area contributed by atoms with Crippen LogP contribution >= 0.6 is 0 Å². The van der Waals surface area contributed by atoms with E-state index in [1.54, 1.807) is 0 Å². The quantitative estimate of drug-likeness (QED) is 0.748. The number of Topliss-reactive ketones (excluding diaryl/α,β-unsaturated/α-hetero) is 1. The Labute approximate surface area is 155 Å². The number of anilines is 1. The van der Waals surface area contributed by atoms with E-state index in [0.717, 1.165) is 19.5 Å². The number of ketones is 1. The van der Waals surface area contributed by atoms with Crippen LogP contribution < -0.4 is 4.90 Å². The maximum atomic E-state index is 12.4. The molecule has 0 radical (unpaired) electrons. The minimum Gasteiger partial charge on any atom is -0.368 e. The van der Waals surface area contributed by atoms with Crippen molar-refractivity contribution >= 4 is 17.4 Å². The summed E-state index contributed by atoms with van der Waals surface area (Å²) in [5, 5.41) is 0. The zero-order valence-electron chi connectivity index (χ0n) is 15.4. The van der Waals surface area contributed by atoms with Gasteiger partial charge in [0.1, 0.15) is 0 Å². The molecule has 1 aliphatic heterocycles. The van der Waals surface area contributed by atoms with Gasteiger partial charge in [0.15, 0.2) is 5.78 Å². The molecule has 1 heterocycles. The number of amides is 1. The third-order valence-corrected chi connectivity index (χ3v) is 5.00. The third-order valence-electron chi connectivity index (χ3n) is 5.00. The number of hydrogen-bond donors (Lipinski definition) is 0. The van der Waals surface area contributed by atoms with Gasteiger partial charge in [0.25, 0.3) is 0 Å². The molecule has 0 aliphatic carbocycles. The summed E-state index contributed by atoms with van der Waals surface area (Å²) in [7, 11) is 0. The molecule has 0 bridgehead atoms. The molecule has 1 saturated heterocycles. The lowest BCUT2D eigenvalue weighted by atomic mass is 10.0. The van der Waals surface area contributed by atoms with Gasteiger partial charge in [-0.25, -0.2) is 0 Å². The molecule has 0 aromatic heterocycles. The molecule has 1 amide bonds. The number of benzene rings is 2. The number of hydrogen-bond acceptors (Lipinski definition) is 3. The molecule has 0 atom stereocenters. The molecule has 26 heavy (non-hydrogen) atoms. The summed E-state index contributed by atoms with van der Waals surface area (Å²) >= 11 is 0. The number of para-hydroxylation sites is 1. The van der Waals surface area contributed by atoms with E-state index in [2.05, 4.69) is 24.0 Å². The molecule has 0 saturated carbocycles. The van der Waals surface area contributed by atoms with Gasteiger partial charge < -0.3 is 9.80 Å². The van der Waals surface area contributed by atoms with Crippen LogP contribution in [0, 0.1) is 0 Å². The second-order valence-corrected chi connectivity index (χ2v) is 6.68. The van der Waals surface area contributed by atoms with Crippen molar-refractivity contribution in [1.29, 1.82) is 0 Å². The van der Waals surface area contributed by atoms with Gasteiger partial charge in [-0.1, -0.05) is 49.4 Å². The topological polar surface area (TPSA) is 40.6 Å².